The van der Waals surface area contributed by atoms with Crippen molar-refractivity contribution in [2.75, 3.05) is 0 Å². The summed E-state index contributed by atoms with van der Waals surface area (Å²) in [5.74, 6) is -0.507. The van der Waals surface area contributed by atoms with Crippen LogP contribution in [0.25, 0.3) is 0 Å². The Bertz CT molecular complexity index is 629. The van der Waals surface area contributed by atoms with Gasteiger partial charge >= 0.3 is 0 Å². The SMILES string of the molecule is Cc1cccc(C)c1CC(=O)Cc1cccc(Cl)c1F. The minimum atomic E-state index is -0.496. The van der Waals surface area contributed by atoms with Crippen molar-refractivity contribution < 1.29 is 9.18 Å². The summed E-state index contributed by atoms with van der Waals surface area (Å²) < 4.78 is 13.8. The first-order valence-electron chi connectivity index (χ1n) is 6.48. The van der Waals surface area contributed by atoms with Gasteiger partial charge in [-0.3, -0.25) is 4.79 Å². The van der Waals surface area contributed by atoms with E-state index in [1.165, 1.54) is 6.07 Å². The van der Waals surface area contributed by atoms with Crippen LogP contribution in [0.2, 0.25) is 5.02 Å². The van der Waals surface area contributed by atoms with Crippen LogP contribution in [0, 0.1) is 19.7 Å². The van der Waals surface area contributed by atoms with E-state index in [1.54, 1.807) is 12.1 Å². The summed E-state index contributed by atoms with van der Waals surface area (Å²) in [6.45, 7) is 3.96. The van der Waals surface area contributed by atoms with Gasteiger partial charge in [0.1, 0.15) is 11.6 Å². The average Bonchev–Trinajstić information content (AvgIpc) is 2.39. The van der Waals surface area contributed by atoms with E-state index in [4.69, 9.17) is 11.6 Å². The number of aryl methyl sites for hydroxylation is 2. The summed E-state index contributed by atoms with van der Waals surface area (Å²) in [6, 6.07) is 10.7. The molecule has 3 heteroatoms. The normalized spacial score (nSPS) is 10.6. The molecule has 1 nitrogen and oxygen atoms in total. The van der Waals surface area contributed by atoms with Gasteiger partial charge in [0.15, 0.2) is 0 Å². The largest absolute Gasteiger partial charge is 0.299 e. The first-order valence-corrected chi connectivity index (χ1v) is 6.86. The number of rotatable bonds is 4. The Hall–Kier alpha value is -1.67. The molecule has 0 amide bonds. The zero-order valence-corrected chi connectivity index (χ0v) is 12.3. The van der Waals surface area contributed by atoms with Crippen LogP contribution in [-0.2, 0) is 17.6 Å². The number of hydrogen-bond donors (Lipinski definition) is 0. The maximum Gasteiger partial charge on any atom is 0.145 e. The average molecular weight is 291 g/mol. The number of benzene rings is 2. The van der Waals surface area contributed by atoms with E-state index >= 15 is 0 Å². The standard InChI is InChI=1S/C17H16ClFO/c1-11-5-3-6-12(2)15(11)10-14(20)9-13-7-4-8-16(18)17(13)19/h3-8H,9-10H2,1-2H3. The summed E-state index contributed by atoms with van der Waals surface area (Å²) in [7, 11) is 0. The van der Waals surface area contributed by atoms with Gasteiger partial charge in [-0.05, 0) is 42.2 Å². The fourth-order valence-electron chi connectivity index (χ4n) is 2.28. The molecule has 0 N–H and O–H groups in total. The Morgan fingerprint density at radius 2 is 1.65 bits per heavy atom. The highest BCUT2D eigenvalue weighted by atomic mass is 35.5. The first kappa shape index (κ1) is 14.7. The van der Waals surface area contributed by atoms with Crippen molar-refractivity contribution in [3.05, 3.63) is 69.5 Å². The van der Waals surface area contributed by atoms with Crippen LogP contribution in [-0.4, -0.2) is 5.78 Å². The molecule has 2 aromatic carbocycles. The maximum absolute atomic E-state index is 13.8. The van der Waals surface area contributed by atoms with E-state index < -0.39 is 5.82 Å². The molecule has 0 radical (unpaired) electrons. The lowest BCUT2D eigenvalue weighted by molar-refractivity contribution is -0.117. The molecule has 104 valence electrons. The van der Waals surface area contributed by atoms with Crippen LogP contribution in [0.1, 0.15) is 22.3 Å². The second kappa shape index (κ2) is 6.19. The van der Waals surface area contributed by atoms with Crippen LogP contribution in [0.15, 0.2) is 36.4 Å². The summed E-state index contributed by atoms with van der Waals surface area (Å²) in [5, 5.41) is 0.0578. The molecule has 0 saturated heterocycles. The molecule has 0 unspecified atom stereocenters. The number of Topliss-reactive ketones (excluding diaryl/α,β-unsaturated/α-hetero) is 1. The zero-order valence-electron chi connectivity index (χ0n) is 11.5. The number of halogens is 2. The number of ketones is 1. The van der Waals surface area contributed by atoms with Gasteiger partial charge in [-0.1, -0.05) is 41.9 Å². The Morgan fingerprint density at radius 3 is 2.30 bits per heavy atom. The molecule has 0 aliphatic carbocycles. The van der Waals surface area contributed by atoms with E-state index in [1.807, 2.05) is 32.0 Å². The highest BCUT2D eigenvalue weighted by Crippen LogP contribution is 2.20. The van der Waals surface area contributed by atoms with Crippen molar-refractivity contribution >= 4 is 17.4 Å². The summed E-state index contributed by atoms with van der Waals surface area (Å²) in [4.78, 5) is 12.1. The second-order valence-corrected chi connectivity index (χ2v) is 5.38. The molecule has 0 atom stereocenters. The Kier molecular flexibility index (Phi) is 4.56. The minimum absolute atomic E-state index is 0.0106. The number of hydrogen-bond acceptors (Lipinski definition) is 1. The molecular formula is C17H16ClFO. The molecular weight excluding hydrogens is 275 g/mol. The fourth-order valence-corrected chi connectivity index (χ4v) is 2.48. The van der Waals surface area contributed by atoms with E-state index in [0.717, 1.165) is 16.7 Å². The van der Waals surface area contributed by atoms with Crippen molar-refractivity contribution in [1.29, 1.82) is 0 Å². The quantitative estimate of drug-likeness (QED) is 0.813. The molecule has 0 spiro atoms. The lowest BCUT2D eigenvalue weighted by Gasteiger charge is -2.09. The van der Waals surface area contributed by atoms with Gasteiger partial charge in [-0.2, -0.15) is 0 Å². The maximum atomic E-state index is 13.8. The molecule has 0 fully saturated rings. The van der Waals surface area contributed by atoms with Crippen molar-refractivity contribution in [1.82, 2.24) is 0 Å². The Morgan fingerprint density at radius 1 is 1.05 bits per heavy atom. The van der Waals surface area contributed by atoms with E-state index in [-0.39, 0.29) is 17.2 Å². The predicted octanol–water partition coefficient (Wildman–Crippen LogP) is 4.45. The van der Waals surface area contributed by atoms with Gasteiger partial charge in [0, 0.05) is 12.8 Å². The molecule has 0 aliphatic heterocycles. The highest BCUT2D eigenvalue weighted by Gasteiger charge is 2.13. The zero-order chi connectivity index (χ0) is 14.7. The number of carbonyl (C=O) groups excluding carboxylic acids is 1. The monoisotopic (exact) mass is 290 g/mol. The van der Waals surface area contributed by atoms with Crippen LogP contribution in [0.3, 0.4) is 0 Å². The Labute approximate surface area is 123 Å². The van der Waals surface area contributed by atoms with Gasteiger partial charge in [0.05, 0.1) is 5.02 Å². The van der Waals surface area contributed by atoms with E-state index in [2.05, 4.69) is 0 Å². The smallest absolute Gasteiger partial charge is 0.145 e. The summed E-state index contributed by atoms with van der Waals surface area (Å²) in [6.07, 6.45) is 0.393. The third-order valence-electron chi connectivity index (χ3n) is 3.44. The summed E-state index contributed by atoms with van der Waals surface area (Å²) in [5.41, 5.74) is 3.56. The van der Waals surface area contributed by atoms with Crippen LogP contribution >= 0.6 is 11.6 Å². The molecule has 20 heavy (non-hydrogen) atoms. The van der Waals surface area contributed by atoms with Gasteiger partial charge in [0.25, 0.3) is 0 Å². The van der Waals surface area contributed by atoms with Crippen LogP contribution < -0.4 is 0 Å². The van der Waals surface area contributed by atoms with E-state index in [9.17, 15) is 9.18 Å². The first-order chi connectivity index (χ1) is 9.49. The third kappa shape index (κ3) is 3.26. The fraction of sp³-hybridized carbons (Fsp3) is 0.235. The van der Waals surface area contributed by atoms with Crippen molar-refractivity contribution in [2.24, 2.45) is 0 Å². The topological polar surface area (TPSA) is 17.1 Å². The molecule has 0 bridgehead atoms. The van der Waals surface area contributed by atoms with Crippen molar-refractivity contribution in [3.63, 3.8) is 0 Å². The van der Waals surface area contributed by atoms with Gasteiger partial charge < -0.3 is 0 Å². The molecule has 2 aromatic rings. The molecule has 0 heterocycles. The summed E-state index contributed by atoms with van der Waals surface area (Å²) >= 11 is 5.72. The van der Waals surface area contributed by atoms with Gasteiger partial charge in [-0.15, -0.1) is 0 Å². The van der Waals surface area contributed by atoms with E-state index in [0.29, 0.717) is 12.0 Å². The third-order valence-corrected chi connectivity index (χ3v) is 3.73. The predicted molar refractivity (Wildman–Crippen MR) is 79.7 cm³/mol. The molecule has 0 saturated carbocycles. The Balaban J connectivity index is 2.16. The lowest BCUT2D eigenvalue weighted by Crippen LogP contribution is -2.10. The van der Waals surface area contributed by atoms with Gasteiger partial charge in [0.2, 0.25) is 0 Å². The van der Waals surface area contributed by atoms with Gasteiger partial charge in [-0.25, -0.2) is 4.39 Å². The van der Waals surface area contributed by atoms with Crippen LogP contribution in [0.5, 0.6) is 0 Å². The second-order valence-electron chi connectivity index (χ2n) is 4.98. The van der Waals surface area contributed by atoms with Crippen molar-refractivity contribution in [2.45, 2.75) is 26.7 Å². The molecule has 0 aliphatic rings. The number of carbonyl (C=O) groups is 1. The highest BCUT2D eigenvalue weighted by molar-refractivity contribution is 6.30. The molecule has 2 rings (SSSR count). The lowest BCUT2D eigenvalue weighted by atomic mass is 9.96. The minimum Gasteiger partial charge on any atom is -0.299 e. The van der Waals surface area contributed by atoms with Crippen LogP contribution in [0.4, 0.5) is 4.39 Å². The molecule has 0 aromatic heterocycles. The van der Waals surface area contributed by atoms with Crippen molar-refractivity contribution in [3.8, 4) is 0 Å².